The number of β-amino-alcohol motifs (C(OH)–C–C–N with tert-alkyl or cyclic N) is 1. The maximum Gasteiger partial charge on any atom is 0.225 e. The first-order valence-corrected chi connectivity index (χ1v) is 11.4. The normalized spacial score (nSPS) is 21.9. The van der Waals surface area contributed by atoms with Gasteiger partial charge < -0.3 is 14.9 Å². The molecule has 0 radical (unpaired) electrons. The van der Waals surface area contributed by atoms with E-state index < -0.39 is 5.60 Å². The second-order valence-electron chi connectivity index (χ2n) is 9.11. The standard InChI is InChI=1S/C25H32N4O3/c1-19(20-5-3-2-4-6-20)15-23(30)28-13-9-25(32,10-14-28)17-29-18-27-22(16-24(29)31)21-7-11-26-12-8-21/h2-8,11-12,19,22,27,32H,9-10,13-18H2,1H3/t19-,22?/m1/s1. The molecule has 4 rings (SSSR count). The van der Waals surface area contributed by atoms with Crippen LogP contribution < -0.4 is 5.32 Å². The van der Waals surface area contributed by atoms with E-state index >= 15 is 0 Å². The van der Waals surface area contributed by atoms with Crippen LogP contribution in [0.1, 0.15) is 55.7 Å². The molecule has 7 heteroatoms. The molecule has 2 aromatic rings. The fourth-order valence-corrected chi connectivity index (χ4v) is 4.64. The minimum atomic E-state index is -0.956. The number of nitrogens with one attached hydrogen (secondary N) is 1. The summed E-state index contributed by atoms with van der Waals surface area (Å²) < 4.78 is 0. The van der Waals surface area contributed by atoms with Crippen LogP contribution in [0, 0.1) is 0 Å². The maximum atomic E-state index is 12.8. The van der Waals surface area contributed by atoms with Crippen molar-refractivity contribution in [2.75, 3.05) is 26.3 Å². The third-order valence-corrected chi connectivity index (χ3v) is 6.75. The third kappa shape index (κ3) is 5.34. The summed E-state index contributed by atoms with van der Waals surface area (Å²) in [6.07, 6.45) is 5.25. The number of aliphatic hydroxyl groups is 1. The minimum Gasteiger partial charge on any atom is -0.388 e. The van der Waals surface area contributed by atoms with Gasteiger partial charge in [-0.15, -0.1) is 0 Å². The Labute approximate surface area is 189 Å². The van der Waals surface area contributed by atoms with Crippen LogP contribution in [0.5, 0.6) is 0 Å². The number of carbonyl (C=O) groups excluding carboxylic acids is 2. The number of piperidine rings is 1. The van der Waals surface area contributed by atoms with Crippen molar-refractivity contribution < 1.29 is 14.7 Å². The number of pyridine rings is 1. The Morgan fingerprint density at radius 2 is 1.88 bits per heavy atom. The molecule has 0 saturated carbocycles. The third-order valence-electron chi connectivity index (χ3n) is 6.75. The van der Waals surface area contributed by atoms with E-state index in [0.717, 1.165) is 11.1 Å². The van der Waals surface area contributed by atoms with Gasteiger partial charge in [0.25, 0.3) is 0 Å². The molecule has 3 heterocycles. The number of hydrogen-bond donors (Lipinski definition) is 2. The maximum absolute atomic E-state index is 12.8. The zero-order valence-electron chi connectivity index (χ0n) is 18.6. The number of likely N-dealkylation sites (tertiary alicyclic amines) is 1. The SMILES string of the molecule is C[C@H](CC(=O)N1CCC(O)(CN2CNC(c3ccncc3)CC2=O)CC1)c1ccccc1. The second kappa shape index (κ2) is 9.79. The van der Waals surface area contributed by atoms with Crippen LogP contribution in [-0.2, 0) is 9.59 Å². The lowest BCUT2D eigenvalue weighted by Crippen LogP contribution is -2.56. The second-order valence-corrected chi connectivity index (χ2v) is 9.11. The van der Waals surface area contributed by atoms with E-state index in [1.165, 1.54) is 0 Å². The predicted octanol–water partition coefficient (Wildman–Crippen LogP) is 2.45. The molecule has 1 unspecified atom stereocenters. The molecule has 2 amide bonds. The Balaban J connectivity index is 1.26. The number of benzene rings is 1. The number of aromatic nitrogens is 1. The average molecular weight is 437 g/mol. The van der Waals surface area contributed by atoms with Gasteiger partial charge in [-0.05, 0) is 42.0 Å². The zero-order valence-corrected chi connectivity index (χ0v) is 18.6. The molecule has 1 aromatic carbocycles. The van der Waals surface area contributed by atoms with Gasteiger partial charge in [-0.1, -0.05) is 37.3 Å². The smallest absolute Gasteiger partial charge is 0.225 e. The molecule has 0 spiro atoms. The molecule has 32 heavy (non-hydrogen) atoms. The van der Waals surface area contributed by atoms with Crippen LogP contribution in [0.25, 0.3) is 0 Å². The molecule has 1 aromatic heterocycles. The molecule has 2 aliphatic rings. The van der Waals surface area contributed by atoms with Crippen molar-refractivity contribution in [3.05, 3.63) is 66.0 Å². The van der Waals surface area contributed by atoms with E-state index in [1.807, 2.05) is 35.2 Å². The number of nitrogens with zero attached hydrogens (tertiary/aromatic N) is 3. The molecule has 2 N–H and O–H groups in total. The van der Waals surface area contributed by atoms with Gasteiger partial charge >= 0.3 is 0 Å². The summed E-state index contributed by atoms with van der Waals surface area (Å²) >= 11 is 0. The first-order valence-electron chi connectivity index (χ1n) is 11.4. The van der Waals surface area contributed by atoms with E-state index in [2.05, 4.69) is 29.4 Å². The molecule has 2 aliphatic heterocycles. The van der Waals surface area contributed by atoms with Crippen LogP contribution in [0.3, 0.4) is 0 Å². The van der Waals surface area contributed by atoms with Gasteiger partial charge in [-0.2, -0.15) is 0 Å². The van der Waals surface area contributed by atoms with Crippen LogP contribution in [0.2, 0.25) is 0 Å². The number of hydrogen-bond acceptors (Lipinski definition) is 5. The molecule has 2 saturated heterocycles. The highest BCUT2D eigenvalue weighted by Gasteiger charge is 2.38. The highest BCUT2D eigenvalue weighted by atomic mass is 16.3. The quantitative estimate of drug-likeness (QED) is 0.727. The Morgan fingerprint density at radius 3 is 2.53 bits per heavy atom. The highest BCUT2D eigenvalue weighted by Crippen LogP contribution is 2.28. The summed E-state index contributed by atoms with van der Waals surface area (Å²) in [4.78, 5) is 33.1. The Hall–Kier alpha value is -2.77. The number of rotatable bonds is 6. The average Bonchev–Trinajstić information content (AvgIpc) is 2.82. The monoisotopic (exact) mass is 436 g/mol. The number of carbonyl (C=O) groups is 2. The van der Waals surface area contributed by atoms with Crippen molar-refractivity contribution >= 4 is 11.8 Å². The predicted molar refractivity (Wildman–Crippen MR) is 122 cm³/mol. The van der Waals surface area contributed by atoms with Crippen molar-refractivity contribution in [3.8, 4) is 0 Å². The molecule has 2 fully saturated rings. The fraction of sp³-hybridized carbons (Fsp3) is 0.480. The summed E-state index contributed by atoms with van der Waals surface area (Å²) in [5.74, 6) is 0.323. The van der Waals surface area contributed by atoms with E-state index in [0.29, 0.717) is 52.0 Å². The van der Waals surface area contributed by atoms with E-state index in [9.17, 15) is 14.7 Å². The van der Waals surface area contributed by atoms with Gasteiger partial charge in [0.05, 0.1) is 18.8 Å². The summed E-state index contributed by atoms with van der Waals surface area (Å²) in [5.41, 5.74) is 1.25. The summed E-state index contributed by atoms with van der Waals surface area (Å²) in [7, 11) is 0. The molecule has 0 bridgehead atoms. The molecule has 2 atom stereocenters. The van der Waals surface area contributed by atoms with Crippen molar-refractivity contribution in [1.29, 1.82) is 0 Å². The van der Waals surface area contributed by atoms with Crippen LogP contribution in [0.15, 0.2) is 54.9 Å². The highest BCUT2D eigenvalue weighted by molar-refractivity contribution is 5.78. The van der Waals surface area contributed by atoms with Crippen molar-refractivity contribution in [2.45, 2.75) is 50.2 Å². The molecule has 170 valence electrons. The van der Waals surface area contributed by atoms with E-state index in [1.54, 1.807) is 17.3 Å². The first-order chi connectivity index (χ1) is 15.4. The lowest BCUT2D eigenvalue weighted by molar-refractivity contribution is -0.144. The lowest BCUT2D eigenvalue weighted by atomic mass is 9.89. The van der Waals surface area contributed by atoms with Gasteiger partial charge in [0.2, 0.25) is 11.8 Å². The fourth-order valence-electron chi connectivity index (χ4n) is 4.64. The van der Waals surface area contributed by atoms with Gasteiger partial charge in [0, 0.05) is 44.4 Å². The first kappa shape index (κ1) is 22.4. The Morgan fingerprint density at radius 1 is 1.19 bits per heavy atom. The molecule has 0 aliphatic carbocycles. The van der Waals surface area contributed by atoms with Gasteiger partial charge in [-0.25, -0.2) is 0 Å². The molecular weight excluding hydrogens is 404 g/mol. The summed E-state index contributed by atoms with van der Waals surface area (Å²) in [5, 5.41) is 14.5. The van der Waals surface area contributed by atoms with Crippen molar-refractivity contribution in [3.63, 3.8) is 0 Å². The zero-order chi connectivity index (χ0) is 22.6. The van der Waals surface area contributed by atoms with Crippen LogP contribution in [-0.4, -0.2) is 63.6 Å². The molecule has 7 nitrogen and oxygen atoms in total. The topological polar surface area (TPSA) is 85.8 Å². The Bertz CT molecular complexity index is 913. The van der Waals surface area contributed by atoms with Gasteiger partial charge in [0.1, 0.15) is 0 Å². The number of amides is 2. The van der Waals surface area contributed by atoms with Crippen LogP contribution in [0.4, 0.5) is 0 Å². The minimum absolute atomic E-state index is 0.0255. The Kier molecular flexibility index (Phi) is 6.86. The van der Waals surface area contributed by atoms with Crippen molar-refractivity contribution in [1.82, 2.24) is 20.1 Å². The van der Waals surface area contributed by atoms with E-state index in [4.69, 9.17) is 0 Å². The van der Waals surface area contributed by atoms with Crippen molar-refractivity contribution in [2.24, 2.45) is 0 Å². The van der Waals surface area contributed by atoms with Gasteiger partial charge in [0.15, 0.2) is 0 Å². The lowest BCUT2D eigenvalue weighted by Gasteiger charge is -2.43. The summed E-state index contributed by atoms with van der Waals surface area (Å²) in [6, 6.07) is 13.9. The van der Waals surface area contributed by atoms with Crippen LogP contribution >= 0.6 is 0 Å². The summed E-state index contributed by atoms with van der Waals surface area (Å²) in [6.45, 7) is 3.81. The van der Waals surface area contributed by atoms with Gasteiger partial charge in [-0.3, -0.25) is 19.9 Å². The largest absolute Gasteiger partial charge is 0.388 e. The van der Waals surface area contributed by atoms with E-state index in [-0.39, 0.29) is 23.8 Å². The molecular formula is C25H32N4O3.